The third kappa shape index (κ3) is 2.07. The summed E-state index contributed by atoms with van der Waals surface area (Å²) in [5.41, 5.74) is 7.24. The van der Waals surface area contributed by atoms with Crippen molar-refractivity contribution in [3.63, 3.8) is 0 Å². The van der Waals surface area contributed by atoms with Crippen molar-refractivity contribution in [1.29, 1.82) is 0 Å². The Bertz CT molecular complexity index is 478. The summed E-state index contributed by atoms with van der Waals surface area (Å²) in [6.45, 7) is 3.73. The van der Waals surface area contributed by atoms with Crippen molar-refractivity contribution in [2.45, 2.75) is 13.8 Å². The molecule has 0 bridgehead atoms. The van der Waals surface area contributed by atoms with E-state index in [0.29, 0.717) is 17.3 Å². The molecular formula is C10H12N4O. The van der Waals surface area contributed by atoms with Crippen molar-refractivity contribution in [1.82, 2.24) is 10.1 Å². The summed E-state index contributed by atoms with van der Waals surface area (Å²) in [7, 11) is 0. The number of hydrogen-bond donors (Lipinski definition) is 2. The molecule has 0 atom stereocenters. The lowest BCUT2D eigenvalue weighted by atomic mass is 10.3. The Hall–Kier alpha value is -2.04. The number of rotatable bonds is 2. The van der Waals surface area contributed by atoms with Crippen LogP contribution in [-0.2, 0) is 0 Å². The van der Waals surface area contributed by atoms with Crippen LogP contribution in [0.3, 0.4) is 0 Å². The van der Waals surface area contributed by atoms with Gasteiger partial charge in [0.05, 0.1) is 5.69 Å². The molecule has 0 aliphatic carbocycles. The maximum Gasteiger partial charge on any atom is 0.175 e. The van der Waals surface area contributed by atoms with Gasteiger partial charge in [0, 0.05) is 11.8 Å². The van der Waals surface area contributed by atoms with E-state index in [1.807, 2.05) is 19.9 Å². The number of anilines is 3. The first kappa shape index (κ1) is 9.51. The Morgan fingerprint density at radius 2 is 2.13 bits per heavy atom. The highest BCUT2D eigenvalue weighted by molar-refractivity contribution is 5.66. The molecule has 5 heteroatoms. The molecule has 2 rings (SSSR count). The second-order valence-electron chi connectivity index (χ2n) is 3.34. The molecule has 15 heavy (non-hydrogen) atoms. The predicted octanol–water partition coefficient (Wildman–Crippen LogP) is 2.01. The predicted molar refractivity (Wildman–Crippen MR) is 57.9 cm³/mol. The molecular weight excluding hydrogens is 192 g/mol. The van der Waals surface area contributed by atoms with Gasteiger partial charge in [-0.15, -0.1) is 0 Å². The molecule has 0 fully saturated rings. The van der Waals surface area contributed by atoms with E-state index in [-0.39, 0.29) is 0 Å². The van der Waals surface area contributed by atoms with Gasteiger partial charge in [0.1, 0.15) is 5.76 Å². The molecule has 0 aliphatic rings. The minimum Gasteiger partial charge on any atom is -0.396 e. The Labute approximate surface area is 87.3 Å². The lowest BCUT2D eigenvalue weighted by Crippen LogP contribution is -2.00. The van der Waals surface area contributed by atoms with Crippen LogP contribution in [0.2, 0.25) is 0 Å². The quantitative estimate of drug-likeness (QED) is 0.782. The highest BCUT2D eigenvalue weighted by Gasteiger charge is 2.04. The fraction of sp³-hybridized carbons (Fsp3) is 0.200. The number of pyridine rings is 1. The molecule has 0 radical (unpaired) electrons. The van der Waals surface area contributed by atoms with Gasteiger partial charge in [-0.2, -0.15) is 0 Å². The smallest absolute Gasteiger partial charge is 0.175 e. The number of nitrogens with two attached hydrogens (primary N) is 1. The van der Waals surface area contributed by atoms with Crippen LogP contribution in [0.15, 0.2) is 22.7 Å². The van der Waals surface area contributed by atoms with E-state index in [9.17, 15) is 0 Å². The first-order chi connectivity index (χ1) is 7.15. The van der Waals surface area contributed by atoms with E-state index in [1.54, 1.807) is 12.1 Å². The van der Waals surface area contributed by atoms with Gasteiger partial charge in [-0.05, 0) is 26.0 Å². The Kier molecular flexibility index (Phi) is 2.29. The Morgan fingerprint density at radius 3 is 2.80 bits per heavy atom. The SMILES string of the molecule is Cc1ccc(N)c(Nc2cc(C)on2)n1. The van der Waals surface area contributed by atoms with Gasteiger partial charge in [-0.3, -0.25) is 0 Å². The van der Waals surface area contributed by atoms with Crippen LogP contribution in [-0.4, -0.2) is 10.1 Å². The molecule has 2 heterocycles. The second-order valence-corrected chi connectivity index (χ2v) is 3.34. The van der Waals surface area contributed by atoms with E-state index in [1.165, 1.54) is 0 Å². The van der Waals surface area contributed by atoms with Crippen LogP contribution in [0.1, 0.15) is 11.5 Å². The largest absolute Gasteiger partial charge is 0.396 e. The van der Waals surface area contributed by atoms with E-state index in [4.69, 9.17) is 10.3 Å². The standard InChI is InChI=1S/C10H12N4O/c1-6-3-4-8(11)10(12-6)13-9-5-7(2)15-14-9/h3-5H,11H2,1-2H3,(H,12,13,14). The first-order valence-corrected chi connectivity index (χ1v) is 4.58. The number of hydrogen-bond acceptors (Lipinski definition) is 5. The van der Waals surface area contributed by atoms with Crippen LogP contribution in [0.5, 0.6) is 0 Å². The number of aromatic nitrogens is 2. The fourth-order valence-corrected chi connectivity index (χ4v) is 1.21. The van der Waals surface area contributed by atoms with Gasteiger partial charge in [0.15, 0.2) is 11.6 Å². The zero-order valence-corrected chi connectivity index (χ0v) is 8.61. The lowest BCUT2D eigenvalue weighted by molar-refractivity contribution is 0.400. The summed E-state index contributed by atoms with van der Waals surface area (Å²) in [6, 6.07) is 5.44. The highest BCUT2D eigenvalue weighted by atomic mass is 16.5. The lowest BCUT2D eigenvalue weighted by Gasteiger charge is -2.05. The Balaban J connectivity index is 2.27. The van der Waals surface area contributed by atoms with E-state index in [0.717, 1.165) is 11.5 Å². The number of nitrogens with one attached hydrogen (secondary N) is 1. The summed E-state index contributed by atoms with van der Waals surface area (Å²) >= 11 is 0. The van der Waals surface area contributed by atoms with Crippen molar-refractivity contribution in [2.75, 3.05) is 11.1 Å². The van der Waals surface area contributed by atoms with Gasteiger partial charge in [0.2, 0.25) is 0 Å². The normalized spacial score (nSPS) is 10.3. The molecule has 0 spiro atoms. The van der Waals surface area contributed by atoms with E-state index in [2.05, 4.69) is 15.5 Å². The van der Waals surface area contributed by atoms with Gasteiger partial charge in [0.25, 0.3) is 0 Å². The van der Waals surface area contributed by atoms with E-state index < -0.39 is 0 Å². The summed E-state index contributed by atoms with van der Waals surface area (Å²) in [6.07, 6.45) is 0. The van der Waals surface area contributed by atoms with Gasteiger partial charge < -0.3 is 15.6 Å². The molecule has 2 aromatic rings. The monoisotopic (exact) mass is 204 g/mol. The minimum absolute atomic E-state index is 0.584. The Morgan fingerprint density at radius 1 is 1.33 bits per heavy atom. The minimum atomic E-state index is 0.584. The zero-order chi connectivity index (χ0) is 10.8. The van der Waals surface area contributed by atoms with Gasteiger partial charge in [-0.25, -0.2) is 4.98 Å². The van der Waals surface area contributed by atoms with Gasteiger partial charge in [-0.1, -0.05) is 5.16 Å². The maximum atomic E-state index is 5.76. The third-order valence-corrected chi connectivity index (χ3v) is 1.94. The molecule has 5 nitrogen and oxygen atoms in total. The number of aryl methyl sites for hydroxylation is 2. The van der Waals surface area contributed by atoms with Crippen LogP contribution in [0, 0.1) is 13.8 Å². The second kappa shape index (κ2) is 3.61. The van der Waals surface area contributed by atoms with Crippen molar-refractivity contribution < 1.29 is 4.52 Å². The van der Waals surface area contributed by atoms with E-state index >= 15 is 0 Å². The fourth-order valence-electron chi connectivity index (χ4n) is 1.21. The zero-order valence-electron chi connectivity index (χ0n) is 8.61. The van der Waals surface area contributed by atoms with Crippen molar-refractivity contribution >= 4 is 17.3 Å². The average Bonchev–Trinajstić information content (AvgIpc) is 2.58. The van der Waals surface area contributed by atoms with Crippen molar-refractivity contribution in [3.05, 3.63) is 29.7 Å². The first-order valence-electron chi connectivity index (χ1n) is 4.58. The van der Waals surface area contributed by atoms with Gasteiger partial charge >= 0.3 is 0 Å². The van der Waals surface area contributed by atoms with Crippen LogP contribution in [0.4, 0.5) is 17.3 Å². The molecule has 3 N–H and O–H groups in total. The highest BCUT2D eigenvalue weighted by Crippen LogP contribution is 2.20. The van der Waals surface area contributed by atoms with Crippen molar-refractivity contribution in [3.8, 4) is 0 Å². The third-order valence-electron chi connectivity index (χ3n) is 1.94. The number of nitrogen functional groups attached to an aromatic ring is 1. The van der Waals surface area contributed by atoms with Crippen LogP contribution < -0.4 is 11.1 Å². The van der Waals surface area contributed by atoms with Crippen molar-refractivity contribution in [2.24, 2.45) is 0 Å². The summed E-state index contributed by atoms with van der Waals surface area (Å²) < 4.78 is 4.93. The molecule has 78 valence electrons. The molecule has 0 aromatic carbocycles. The van der Waals surface area contributed by atoms with Crippen LogP contribution >= 0.6 is 0 Å². The molecule has 2 aromatic heterocycles. The topological polar surface area (TPSA) is 77.0 Å². The molecule has 0 unspecified atom stereocenters. The molecule has 0 saturated carbocycles. The maximum absolute atomic E-state index is 5.76. The molecule has 0 saturated heterocycles. The average molecular weight is 204 g/mol. The summed E-state index contributed by atoms with van der Waals surface area (Å²) in [5.74, 6) is 1.95. The summed E-state index contributed by atoms with van der Waals surface area (Å²) in [4.78, 5) is 4.26. The number of nitrogens with zero attached hydrogens (tertiary/aromatic N) is 2. The van der Waals surface area contributed by atoms with Crippen LogP contribution in [0.25, 0.3) is 0 Å². The molecule has 0 amide bonds. The molecule has 0 aliphatic heterocycles. The summed E-state index contributed by atoms with van der Waals surface area (Å²) in [5, 5.41) is 6.79.